The summed E-state index contributed by atoms with van der Waals surface area (Å²) in [5.41, 5.74) is 3.59. The van der Waals surface area contributed by atoms with Crippen molar-refractivity contribution in [3.63, 3.8) is 0 Å². The van der Waals surface area contributed by atoms with Gasteiger partial charge in [0.25, 0.3) is 0 Å². The van der Waals surface area contributed by atoms with Crippen molar-refractivity contribution in [2.75, 3.05) is 12.9 Å². The SMILES string of the molecule is COc1ccc(CNC(=O)CSc2ccc(C)c(C)c2)cc1. The van der Waals surface area contributed by atoms with E-state index < -0.39 is 0 Å². The molecule has 0 fully saturated rings. The van der Waals surface area contributed by atoms with Gasteiger partial charge in [0, 0.05) is 11.4 Å². The molecule has 2 aromatic rings. The fourth-order valence-electron chi connectivity index (χ4n) is 1.95. The predicted molar refractivity (Wildman–Crippen MR) is 91.5 cm³/mol. The van der Waals surface area contributed by atoms with Crippen LogP contribution in [0, 0.1) is 13.8 Å². The Morgan fingerprint density at radius 1 is 1.09 bits per heavy atom. The molecule has 1 N–H and O–H groups in total. The lowest BCUT2D eigenvalue weighted by Crippen LogP contribution is -2.24. The van der Waals surface area contributed by atoms with Crippen molar-refractivity contribution in [2.45, 2.75) is 25.3 Å². The highest BCUT2D eigenvalue weighted by atomic mass is 32.2. The van der Waals surface area contributed by atoms with Crippen molar-refractivity contribution in [3.8, 4) is 5.75 Å². The summed E-state index contributed by atoms with van der Waals surface area (Å²) >= 11 is 1.56. The molecule has 3 nitrogen and oxygen atoms in total. The smallest absolute Gasteiger partial charge is 0.230 e. The fourth-order valence-corrected chi connectivity index (χ4v) is 2.77. The van der Waals surface area contributed by atoms with Crippen molar-refractivity contribution in [1.82, 2.24) is 5.32 Å². The fraction of sp³-hybridized carbons (Fsp3) is 0.278. The number of hydrogen-bond acceptors (Lipinski definition) is 3. The first kappa shape index (κ1) is 16.4. The molecule has 0 aliphatic heterocycles. The molecule has 0 saturated heterocycles. The molecule has 0 atom stereocenters. The minimum Gasteiger partial charge on any atom is -0.497 e. The molecule has 116 valence electrons. The van der Waals surface area contributed by atoms with E-state index in [0.717, 1.165) is 16.2 Å². The molecular formula is C18H21NO2S. The molecule has 0 heterocycles. The molecule has 0 bridgehead atoms. The van der Waals surface area contributed by atoms with Crippen LogP contribution in [0.2, 0.25) is 0 Å². The largest absolute Gasteiger partial charge is 0.497 e. The van der Waals surface area contributed by atoms with Gasteiger partial charge in [-0.3, -0.25) is 4.79 Å². The van der Waals surface area contributed by atoms with E-state index in [2.05, 4.69) is 37.4 Å². The lowest BCUT2D eigenvalue weighted by molar-refractivity contribution is -0.118. The van der Waals surface area contributed by atoms with Crippen molar-refractivity contribution >= 4 is 17.7 Å². The van der Waals surface area contributed by atoms with Crippen molar-refractivity contribution < 1.29 is 9.53 Å². The normalized spacial score (nSPS) is 10.3. The Morgan fingerprint density at radius 3 is 2.45 bits per heavy atom. The van der Waals surface area contributed by atoms with Crippen LogP contribution in [-0.2, 0) is 11.3 Å². The highest BCUT2D eigenvalue weighted by Gasteiger charge is 2.04. The first-order valence-electron chi connectivity index (χ1n) is 7.18. The van der Waals surface area contributed by atoms with Gasteiger partial charge in [0.05, 0.1) is 12.9 Å². The zero-order valence-corrected chi connectivity index (χ0v) is 14.0. The number of thioether (sulfide) groups is 1. The Bertz CT molecular complexity index is 638. The average molecular weight is 315 g/mol. The van der Waals surface area contributed by atoms with Gasteiger partial charge in [-0.2, -0.15) is 0 Å². The maximum Gasteiger partial charge on any atom is 0.230 e. The molecule has 1 amide bonds. The summed E-state index contributed by atoms with van der Waals surface area (Å²) in [5.74, 6) is 1.29. The summed E-state index contributed by atoms with van der Waals surface area (Å²) in [6, 6.07) is 14.0. The van der Waals surface area contributed by atoms with Gasteiger partial charge < -0.3 is 10.1 Å². The van der Waals surface area contributed by atoms with Crippen molar-refractivity contribution in [1.29, 1.82) is 0 Å². The van der Waals surface area contributed by atoms with E-state index in [4.69, 9.17) is 4.74 Å². The van der Waals surface area contributed by atoms with Crippen LogP contribution < -0.4 is 10.1 Å². The molecule has 0 unspecified atom stereocenters. The van der Waals surface area contributed by atoms with Crippen LogP contribution >= 0.6 is 11.8 Å². The number of ether oxygens (including phenoxy) is 1. The van der Waals surface area contributed by atoms with Gasteiger partial charge >= 0.3 is 0 Å². The van der Waals surface area contributed by atoms with Crippen LogP contribution in [0.1, 0.15) is 16.7 Å². The summed E-state index contributed by atoms with van der Waals surface area (Å²) in [5, 5.41) is 2.93. The number of aryl methyl sites for hydroxylation is 2. The number of rotatable bonds is 6. The Labute approximate surface area is 136 Å². The van der Waals surface area contributed by atoms with Gasteiger partial charge in [-0.15, -0.1) is 11.8 Å². The van der Waals surface area contributed by atoms with Crippen LogP contribution in [0.3, 0.4) is 0 Å². The first-order valence-corrected chi connectivity index (χ1v) is 8.16. The molecule has 0 radical (unpaired) electrons. The Morgan fingerprint density at radius 2 is 1.82 bits per heavy atom. The highest BCUT2D eigenvalue weighted by Crippen LogP contribution is 2.20. The van der Waals surface area contributed by atoms with Gasteiger partial charge in [-0.1, -0.05) is 18.2 Å². The quantitative estimate of drug-likeness (QED) is 0.826. The third kappa shape index (κ3) is 4.81. The van der Waals surface area contributed by atoms with Crippen LogP contribution in [-0.4, -0.2) is 18.8 Å². The molecule has 0 aromatic heterocycles. The monoisotopic (exact) mass is 315 g/mol. The summed E-state index contributed by atoms with van der Waals surface area (Å²) in [6.07, 6.45) is 0. The molecule has 0 saturated carbocycles. The maximum absolute atomic E-state index is 11.9. The minimum atomic E-state index is 0.0408. The number of hydrogen-bond donors (Lipinski definition) is 1. The zero-order valence-electron chi connectivity index (χ0n) is 13.2. The Balaban J connectivity index is 1.78. The summed E-state index contributed by atoms with van der Waals surface area (Å²) in [6.45, 7) is 4.71. The second-order valence-electron chi connectivity index (χ2n) is 5.16. The zero-order chi connectivity index (χ0) is 15.9. The van der Waals surface area contributed by atoms with Gasteiger partial charge in [-0.05, 0) is 54.8 Å². The molecule has 0 spiro atoms. The molecule has 0 aliphatic rings. The average Bonchev–Trinajstić information content (AvgIpc) is 2.54. The van der Waals surface area contributed by atoms with Crippen LogP contribution in [0.25, 0.3) is 0 Å². The van der Waals surface area contributed by atoms with E-state index in [-0.39, 0.29) is 5.91 Å². The van der Waals surface area contributed by atoms with E-state index in [1.165, 1.54) is 11.1 Å². The van der Waals surface area contributed by atoms with Gasteiger partial charge in [0.2, 0.25) is 5.91 Å². The minimum absolute atomic E-state index is 0.0408. The van der Waals surface area contributed by atoms with Gasteiger partial charge in [0.15, 0.2) is 0 Å². The number of benzene rings is 2. The van der Waals surface area contributed by atoms with E-state index in [1.54, 1.807) is 18.9 Å². The second-order valence-corrected chi connectivity index (χ2v) is 6.21. The number of amides is 1. The molecule has 4 heteroatoms. The molecule has 2 rings (SSSR count). The van der Waals surface area contributed by atoms with E-state index >= 15 is 0 Å². The van der Waals surface area contributed by atoms with Crippen LogP contribution in [0.4, 0.5) is 0 Å². The summed E-state index contributed by atoms with van der Waals surface area (Å²) in [4.78, 5) is 13.0. The third-order valence-electron chi connectivity index (χ3n) is 3.50. The molecule has 0 aliphatic carbocycles. The maximum atomic E-state index is 11.9. The van der Waals surface area contributed by atoms with Crippen molar-refractivity contribution in [2.24, 2.45) is 0 Å². The van der Waals surface area contributed by atoms with Gasteiger partial charge in [0.1, 0.15) is 5.75 Å². The third-order valence-corrected chi connectivity index (χ3v) is 4.49. The number of carbonyl (C=O) groups excluding carboxylic acids is 1. The van der Waals surface area contributed by atoms with Crippen LogP contribution in [0.15, 0.2) is 47.4 Å². The lowest BCUT2D eigenvalue weighted by atomic mass is 10.1. The lowest BCUT2D eigenvalue weighted by Gasteiger charge is -2.07. The standard InChI is InChI=1S/C18H21NO2S/c1-13-4-9-17(10-14(13)2)22-12-18(20)19-11-15-5-7-16(21-3)8-6-15/h4-10H,11-12H2,1-3H3,(H,19,20). The molecule has 22 heavy (non-hydrogen) atoms. The topological polar surface area (TPSA) is 38.3 Å². The number of methoxy groups -OCH3 is 1. The summed E-state index contributed by atoms with van der Waals surface area (Å²) in [7, 11) is 1.64. The van der Waals surface area contributed by atoms with E-state index in [1.807, 2.05) is 24.3 Å². The number of carbonyl (C=O) groups is 1. The molecule has 2 aromatic carbocycles. The first-order chi connectivity index (χ1) is 10.6. The Kier molecular flexibility index (Phi) is 5.90. The number of nitrogens with one attached hydrogen (secondary N) is 1. The predicted octanol–water partition coefficient (Wildman–Crippen LogP) is 3.72. The van der Waals surface area contributed by atoms with Gasteiger partial charge in [-0.25, -0.2) is 0 Å². The van der Waals surface area contributed by atoms with E-state index in [9.17, 15) is 4.79 Å². The second kappa shape index (κ2) is 7.90. The van der Waals surface area contributed by atoms with Crippen molar-refractivity contribution in [3.05, 3.63) is 59.2 Å². The van der Waals surface area contributed by atoms with Crippen LogP contribution in [0.5, 0.6) is 5.75 Å². The highest BCUT2D eigenvalue weighted by molar-refractivity contribution is 8.00. The molecular weight excluding hydrogens is 294 g/mol. The van der Waals surface area contributed by atoms with E-state index in [0.29, 0.717) is 12.3 Å². The summed E-state index contributed by atoms with van der Waals surface area (Å²) < 4.78 is 5.11. The Hall–Kier alpha value is -1.94.